The maximum atomic E-state index is 12.2. The maximum Gasteiger partial charge on any atom is 0.495 e. The number of carboxylic acids is 1. The molecule has 0 saturated carbocycles. The van der Waals surface area contributed by atoms with E-state index in [1.165, 1.54) is 6.07 Å². The average molecular weight is 301 g/mol. The summed E-state index contributed by atoms with van der Waals surface area (Å²) in [7, 11) is 0. The molecule has 0 amide bonds. The van der Waals surface area contributed by atoms with Crippen LogP contribution in [0.15, 0.2) is 29.2 Å². The number of carboxylic acid groups (broad SMARTS) is 1. The molecule has 0 aliphatic carbocycles. The Labute approximate surface area is 116 Å². The number of aromatic hydroxyl groups is 1. The third-order valence-corrected chi connectivity index (χ3v) is 2.05. The SMILES string of the molecule is Nc1[nH]c(=O)[nH+]cc1F.O.O=C(O)c1c([O-])cccc1O. The van der Waals surface area contributed by atoms with Crippen LogP contribution < -0.4 is 21.5 Å². The van der Waals surface area contributed by atoms with E-state index in [1.54, 1.807) is 0 Å². The number of nitrogen functional groups attached to an aromatic ring is 1. The fourth-order valence-corrected chi connectivity index (χ4v) is 1.16. The summed E-state index contributed by atoms with van der Waals surface area (Å²) in [6, 6.07) is 3.54. The monoisotopic (exact) mass is 301 g/mol. The van der Waals surface area contributed by atoms with E-state index in [2.05, 4.69) is 4.98 Å². The van der Waals surface area contributed by atoms with Gasteiger partial charge in [-0.2, -0.15) is 14.2 Å². The number of aromatic carboxylic acids is 1. The van der Waals surface area contributed by atoms with Gasteiger partial charge in [0.2, 0.25) is 11.6 Å². The van der Waals surface area contributed by atoms with Gasteiger partial charge < -0.3 is 26.5 Å². The number of hydrogen-bond acceptors (Lipinski definition) is 5. The van der Waals surface area contributed by atoms with E-state index in [0.29, 0.717) is 0 Å². The Kier molecular flexibility index (Phi) is 6.34. The van der Waals surface area contributed by atoms with Crippen molar-refractivity contribution in [3.8, 4) is 11.5 Å². The number of aromatic amines is 2. The van der Waals surface area contributed by atoms with Crippen LogP contribution in [0.2, 0.25) is 0 Å². The van der Waals surface area contributed by atoms with Crippen LogP contribution in [0.3, 0.4) is 0 Å². The lowest BCUT2D eigenvalue weighted by Crippen LogP contribution is -2.30. The highest BCUT2D eigenvalue weighted by Gasteiger charge is 2.08. The first-order chi connectivity index (χ1) is 9.32. The van der Waals surface area contributed by atoms with Crippen molar-refractivity contribution in [3.63, 3.8) is 0 Å². The van der Waals surface area contributed by atoms with Crippen LogP contribution in [0.25, 0.3) is 0 Å². The topological polar surface area (TPSA) is 185 Å². The zero-order valence-corrected chi connectivity index (χ0v) is 10.4. The fraction of sp³-hybridized carbons (Fsp3) is 0. The highest BCUT2D eigenvalue weighted by molar-refractivity contribution is 5.93. The van der Waals surface area contributed by atoms with Crippen LogP contribution in [0, 0.1) is 5.82 Å². The van der Waals surface area contributed by atoms with E-state index >= 15 is 0 Å². The number of benzene rings is 1. The predicted molar refractivity (Wildman–Crippen MR) is 66.1 cm³/mol. The number of aromatic nitrogens is 2. The number of carbonyl (C=O) groups is 1. The van der Waals surface area contributed by atoms with Gasteiger partial charge in [0.15, 0.2) is 0 Å². The summed E-state index contributed by atoms with van der Waals surface area (Å²) in [4.78, 5) is 24.7. The first-order valence-electron chi connectivity index (χ1n) is 5.11. The molecule has 0 spiro atoms. The summed E-state index contributed by atoms with van der Waals surface area (Å²) in [6.45, 7) is 0. The molecule has 114 valence electrons. The van der Waals surface area contributed by atoms with Crippen LogP contribution in [0.5, 0.6) is 11.5 Å². The van der Waals surface area contributed by atoms with Crippen LogP contribution in [0.1, 0.15) is 10.4 Å². The molecule has 0 atom stereocenters. The minimum atomic E-state index is -1.41. The molecule has 0 unspecified atom stereocenters. The number of nitrogens with one attached hydrogen (secondary N) is 2. The fourth-order valence-electron chi connectivity index (χ4n) is 1.16. The third kappa shape index (κ3) is 4.80. The number of rotatable bonds is 1. The standard InChI is InChI=1S/C7H6O4.C4H4FN3O.H2O/c8-4-2-1-3-5(9)6(4)7(10)11;5-2-1-7-4(9)8-3(2)6;/h1-3,8-9H,(H,10,11);1H,(H3,6,7,8,9);1H2. The van der Waals surface area contributed by atoms with Gasteiger partial charge in [-0.3, -0.25) is 0 Å². The minimum Gasteiger partial charge on any atom is -0.872 e. The first-order valence-corrected chi connectivity index (χ1v) is 5.11. The molecule has 0 aliphatic rings. The summed E-state index contributed by atoms with van der Waals surface area (Å²) < 4.78 is 12.2. The number of H-pyrrole nitrogens is 2. The van der Waals surface area contributed by atoms with E-state index in [-0.39, 0.29) is 11.3 Å². The Morgan fingerprint density at radius 1 is 1.43 bits per heavy atom. The Morgan fingerprint density at radius 2 is 2.05 bits per heavy atom. The second-order valence-electron chi connectivity index (χ2n) is 3.46. The van der Waals surface area contributed by atoms with E-state index in [0.717, 1.165) is 18.3 Å². The molecule has 0 bridgehead atoms. The Bertz CT molecular complexity index is 668. The summed E-state index contributed by atoms with van der Waals surface area (Å²) in [5.74, 6) is -3.50. The zero-order valence-electron chi connectivity index (χ0n) is 10.4. The van der Waals surface area contributed by atoms with Gasteiger partial charge in [0.25, 0.3) is 0 Å². The third-order valence-electron chi connectivity index (χ3n) is 2.05. The van der Waals surface area contributed by atoms with Crippen molar-refractivity contribution >= 4 is 11.8 Å². The molecule has 10 heteroatoms. The van der Waals surface area contributed by atoms with Crippen molar-refractivity contribution in [1.82, 2.24) is 4.98 Å². The Hall–Kier alpha value is -3.14. The molecule has 9 nitrogen and oxygen atoms in total. The van der Waals surface area contributed by atoms with Gasteiger partial charge >= 0.3 is 11.7 Å². The van der Waals surface area contributed by atoms with E-state index in [9.17, 15) is 19.1 Å². The number of phenols is 1. The van der Waals surface area contributed by atoms with Gasteiger partial charge in [0.1, 0.15) is 11.9 Å². The largest absolute Gasteiger partial charge is 0.872 e. The number of anilines is 1. The number of nitrogens with two attached hydrogens (primary N) is 1. The van der Waals surface area contributed by atoms with Crippen molar-refractivity contribution < 1.29 is 35.0 Å². The van der Waals surface area contributed by atoms with E-state index in [1.807, 2.05) is 4.98 Å². The van der Waals surface area contributed by atoms with Gasteiger partial charge in [-0.25, -0.2) is 9.78 Å². The van der Waals surface area contributed by atoms with Crippen LogP contribution >= 0.6 is 0 Å². The van der Waals surface area contributed by atoms with Crippen molar-refractivity contribution in [1.29, 1.82) is 0 Å². The Balaban J connectivity index is 0.000000370. The summed E-state index contributed by atoms with van der Waals surface area (Å²) in [6.07, 6.45) is 0.897. The van der Waals surface area contributed by atoms with Crippen LogP contribution in [-0.4, -0.2) is 26.6 Å². The minimum absolute atomic E-state index is 0. The van der Waals surface area contributed by atoms with Gasteiger partial charge in [-0.1, -0.05) is 17.9 Å². The quantitative estimate of drug-likeness (QED) is 0.483. The second-order valence-corrected chi connectivity index (χ2v) is 3.46. The average Bonchev–Trinajstić information content (AvgIpc) is 2.34. The van der Waals surface area contributed by atoms with Crippen molar-refractivity contribution in [3.05, 3.63) is 46.3 Å². The lowest BCUT2D eigenvalue weighted by Gasteiger charge is -2.09. The summed E-state index contributed by atoms with van der Waals surface area (Å²) >= 11 is 0. The molecule has 0 radical (unpaired) electrons. The van der Waals surface area contributed by atoms with Gasteiger partial charge in [0.05, 0.1) is 5.56 Å². The molecule has 2 rings (SSSR count). The Morgan fingerprint density at radius 3 is 2.43 bits per heavy atom. The molecular formula is C11H12FN3O6. The first kappa shape index (κ1) is 17.9. The number of halogens is 1. The van der Waals surface area contributed by atoms with Gasteiger partial charge in [-0.05, 0) is 6.07 Å². The molecule has 1 heterocycles. The normalized spacial score (nSPS) is 9.00. The van der Waals surface area contributed by atoms with Crippen molar-refractivity contribution in [2.24, 2.45) is 0 Å². The van der Waals surface area contributed by atoms with Gasteiger partial charge in [-0.15, -0.1) is 0 Å². The zero-order chi connectivity index (χ0) is 15.3. The second kappa shape index (κ2) is 7.45. The molecule has 0 aliphatic heterocycles. The van der Waals surface area contributed by atoms with E-state index in [4.69, 9.17) is 15.9 Å². The van der Waals surface area contributed by atoms with E-state index < -0.39 is 34.5 Å². The van der Waals surface area contributed by atoms with Crippen LogP contribution in [-0.2, 0) is 0 Å². The van der Waals surface area contributed by atoms with Gasteiger partial charge in [0, 0.05) is 0 Å². The molecule has 1 aromatic carbocycles. The van der Waals surface area contributed by atoms with Crippen LogP contribution in [0.4, 0.5) is 10.2 Å². The molecular weight excluding hydrogens is 289 g/mol. The van der Waals surface area contributed by atoms with Crippen molar-refractivity contribution in [2.45, 2.75) is 0 Å². The smallest absolute Gasteiger partial charge is 0.495 e. The predicted octanol–water partition coefficient (Wildman–Crippen LogP) is -1.75. The molecule has 8 N–H and O–H groups in total. The molecule has 0 fully saturated rings. The number of hydrogen-bond donors (Lipinski definition) is 4. The summed E-state index contributed by atoms with van der Waals surface area (Å²) in [5.41, 5.74) is 3.87. The van der Waals surface area contributed by atoms with Crippen molar-refractivity contribution in [2.75, 3.05) is 5.73 Å². The summed E-state index contributed by atoms with van der Waals surface area (Å²) in [5, 5.41) is 28.0. The lowest BCUT2D eigenvalue weighted by molar-refractivity contribution is -0.404. The highest BCUT2D eigenvalue weighted by atomic mass is 19.1. The lowest BCUT2D eigenvalue weighted by atomic mass is 10.2. The molecule has 21 heavy (non-hydrogen) atoms. The molecule has 0 saturated heterocycles. The highest BCUT2D eigenvalue weighted by Crippen LogP contribution is 2.23. The molecule has 2 aromatic rings. The maximum absolute atomic E-state index is 12.2. The molecule has 1 aromatic heterocycles.